The quantitative estimate of drug-likeness (QED) is 0.840. The second-order valence-corrected chi connectivity index (χ2v) is 5.09. The van der Waals surface area contributed by atoms with E-state index in [9.17, 15) is 8.78 Å². The molecule has 2 N–H and O–H groups in total. The predicted molar refractivity (Wildman–Crippen MR) is 60.6 cm³/mol. The lowest BCUT2D eigenvalue weighted by molar-refractivity contribution is 0.0164. The topological polar surface area (TPSA) is 26.0 Å². The van der Waals surface area contributed by atoms with Crippen molar-refractivity contribution in [3.8, 4) is 0 Å². The maximum Gasteiger partial charge on any atom is 0.270 e. The highest BCUT2D eigenvalue weighted by atomic mass is 19.3. The van der Waals surface area contributed by atoms with Gasteiger partial charge in [0.15, 0.2) is 0 Å². The van der Waals surface area contributed by atoms with Gasteiger partial charge in [-0.05, 0) is 31.7 Å². The zero-order valence-corrected chi connectivity index (χ0v) is 9.69. The molecule has 3 heteroatoms. The molecule has 1 aromatic carbocycles. The van der Waals surface area contributed by atoms with Crippen molar-refractivity contribution in [2.45, 2.75) is 44.6 Å². The lowest BCUT2D eigenvalue weighted by atomic mass is 9.94. The van der Waals surface area contributed by atoms with E-state index in [0.717, 1.165) is 25.3 Å². The third-order valence-electron chi connectivity index (χ3n) is 3.17. The van der Waals surface area contributed by atoms with Crippen LogP contribution in [0, 0.1) is 6.92 Å². The Morgan fingerprint density at radius 2 is 2.00 bits per heavy atom. The molecule has 1 saturated carbocycles. The lowest BCUT2D eigenvalue weighted by Gasteiger charge is -2.18. The summed E-state index contributed by atoms with van der Waals surface area (Å²) in [4.78, 5) is 0. The zero-order chi connectivity index (χ0) is 12.0. The number of nitrogens with two attached hydrogens (primary N) is 1. The fourth-order valence-electron chi connectivity index (χ4n) is 2.01. The van der Waals surface area contributed by atoms with Gasteiger partial charge < -0.3 is 5.73 Å². The number of alkyl halides is 2. The van der Waals surface area contributed by atoms with E-state index in [4.69, 9.17) is 5.73 Å². The van der Waals surface area contributed by atoms with Crippen molar-refractivity contribution < 1.29 is 8.78 Å². The van der Waals surface area contributed by atoms with E-state index in [1.165, 1.54) is 6.07 Å². The average Bonchev–Trinajstić information content (AvgIpc) is 2.80. The van der Waals surface area contributed by atoms with Crippen molar-refractivity contribution in [3.05, 3.63) is 34.9 Å². The second kappa shape index (κ2) is 3.52. The minimum absolute atomic E-state index is 0.120. The molecular formula is C13H17F2N. The van der Waals surface area contributed by atoms with Crippen molar-refractivity contribution in [1.82, 2.24) is 0 Å². The number of hydrogen-bond donors (Lipinski definition) is 1. The van der Waals surface area contributed by atoms with Crippen LogP contribution in [0.2, 0.25) is 0 Å². The summed E-state index contributed by atoms with van der Waals surface area (Å²) in [7, 11) is 0. The molecule has 2 rings (SSSR count). The van der Waals surface area contributed by atoms with Crippen LogP contribution in [0.15, 0.2) is 18.2 Å². The fraction of sp³-hybridized carbons (Fsp3) is 0.538. The van der Waals surface area contributed by atoms with Crippen LogP contribution < -0.4 is 5.73 Å². The van der Waals surface area contributed by atoms with Crippen molar-refractivity contribution >= 4 is 0 Å². The van der Waals surface area contributed by atoms with Gasteiger partial charge >= 0.3 is 0 Å². The third kappa shape index (κ3) is 2.40. The summed E-state index contributed by atoms with van der Waals surface area (Å²) in [6, 6.07) is 5.09. The molecule has 1 aromatic rings. The van der Waals surface area contributed by atoms with Gasteiger partial charge in [0.1, 0.15) is 0 Å². The van der Waals surface area contributed by atoms with Crippen LogP contribution in [-0.2, 0) is 12.3 Å². The molecule has 1 aliphatic rings. The molecule has 0 radical (unpaired) electrons. The van der Waals surface area contributed by atoms with Gasteiger partial charge in [0.25, 0.3) is 5.92 Å². The van der Waals surface area contributed by atoms with Crippen LogP contribution in [0.3, 0.4) is 0 Å². The summed E-state index contributed by atoms with van der Waals surface area (Å²) in [6.45, 7) is 2.86. The highest BCUT2D eigenvalue weighted by Gasteiger charge is 2.40. The van der Waals surface area contributed by atoms with Crippen LogP contribution in [-0.4, -0.2) is 5.54 Å². The number of hydrogen-bond acceptors (Lipinski definition) is 1. The Labute approximate surface area is 94.7 Å². The molecule has 0 aromatic heterocycles. The molecule has 1 aliphatic carbocycles. The van der Waals surface area contributed by atoms with Gasteiger partial charge in [0.05, 0.1) is 0 Å². The molecular weight excluding hydrogens is 208 g/mol. The van der Waals surface area contributed by atoms with E-state index >= 15 is 0 Å². The third-order valence-corrected chi connectivity index (χ3v) is 3.17. The van der Waals surface area contributed by atoms with Crippen molar-refractivity contribution in [2.24, 2.45) is 5.73 Å². The molecule has 0 saturated heterocycles. The predicted octanol–water partition coefficient (Wildman–Crippen LogP) is 3.14. The van der Waals surface area contributed by atoms with E-state index in [0.29, 0.717) is 12.0 Å². The summed E-state index contributed by atoms with van der Waals surface area (Å²) < 4.78 is 26.8. The van der Waals surface area contributed by atoms with Gasteiger partial charge in [0.2, 0.25) is 0 Å². The molecule has 0 atom stereocenters. The van der Waals surface area contributed by atoms with Gasteiger partial charge in [-0.15, -0.1) is 0 Å². The Morgan fingerprint density at radius 3 is 2.50 bits per heavy atom. The summed E-state index contributed by atoms with van der Waals surface area (Å²) in [5.74, 6) is -2.78. The van der Waals surface area contributed by atoms with Gasteiger partial charge in [-0.3, -0.25) is 0 Å². The first kappa shape index (κ1) is 11.5. The van der Waals surface area contributed by atoms with E-state index in [2.05, 4.69) is 0 Å². The molecule has 0 aliphatic heterocycles. The van der Waals surface area contributed by atoms with Crippen LogP contribution in [0.4, 0.5) is 8.78 Å². The zero-order valence-electron chi connectivity index (χ0n) is 9.69. The molecule has 88 valence electrons. The number of halogens is 2. The van der Waals surface area contributed by atoms with Gasteiger partial charge in [0, 0.05) is 18.0 Å². The standard InChI is InChI=1S/C13H17F2N/c1-9-3-4-11(12(2,14)15)10(7-9)8-13(16)5-6-13/h3-4,7H,5-6,8,16H2,1-2H3. The molecule has 0 unspecified atom stereocenters. The SMILES string of the molecule is Cc1ccc(C(C)(F)F)c(CC2(N)CC2)c1. The maximum atomic E-state index is 13.4. The van der Waals surface area contributed by atoms with Gasteiger partial charge in [-0.2, -0.15) is 0 Å². The average molecular weight is 225 g/mol. The van der Waals surface area contributed by atoms with Crippen molar-refractivity contribution in [1.29, 1.82) is 0 Å². The van der Waals surface area contributed by atoms with E-state index in [-0.39, 0.29) is 11.1 Å². The Morgan fingerprint density at radius 1 is 1.38 bits per heavy atom. The molecule has 1 nitrogen and oxygen atoms in total. The Bertz CT molecular complexity index is 403. The van der Waals surface area contributed by atoms with Gasteiger partial charge in [-0.1, -0.05) is 23.8 Å². The summed E-state index contributed by atoms with van der Waals surface area (Å²) >= 11 is 0. The normalized spacial score (nSPS) is 18.6. The Hall–Kier alpha value is -0.960. The number of aryl methyl sites for hydroxylation is 1. The molecule has 1 fully saturated rings. The van der Waals surface area contributed by atoms with E-state index < -0.39 is 5.92 Å². The minimum atomic E-state index is -2.78. The summed E-state index contributed by atoms with van der Waals surface area (Å²) in [5, 5.41) is 0. The van der Waals surface area contributed by atoms with Gasteiger partial charge in [-0.25, -0.2) is 8.78 Å². The number of benzene rings is 1. The highest BCUT2D eigenvalue weighted by molar-refractivity contribution is 5.36. The first-order chi connectivity index (χ1) is 7.30. The van der Waals surface area contributed by atoms with Crippen LogP contribution in [0.1, 0.15) is 36.5 Å². The Balaban J connectivity index is 2.36. The highest BCUT2D eigenvalue weighted by Crippen LogP contribution is 2.39. The van der Waals surface area contributed by atoms with E-state index in [1.54, 1.807) is 6.07 Å². The molecule has 0 spiro atoms. The van der Waals surface area contributed by atoms with Crippen LogP contribution in [0.25, 0.3) is 0 Å². The largest absolute Gasteiger partial charge is 0.325 e. The first-order valence-electron chi connectivity index (χ1n) is 5.57. The molecule has 0 amide bonds. The number of rotatable bonds is 3. The smallest absolute Gasteiger partial charge is 0.270 e. The molecule has 16 heavy (non-hydrogen) atoms. The summed E-state index contributed by atoms with van der Waals surface area (Å²) in [5.41, 5.74) is 7.60. The molecule has 0 heterocycles. The van der Waals surface area contributed by atoms with Crippen LogP contribution >= 0.6 is 0 Å². The maximum absolute atomic E-state index is 13.4. The monoisotopic (exact) mass is 225 g/mol. The van der Waals surface area contributed by atoms with Crippen LogP contribution in [0.5, 0.6) is 0 Å². The fourth-order valence-corrected chi connectivity index (χ4v) is 2.01. The Kier molecular flexibility index (Phi) is 2.54. The van der Waals surface area contributed by atoms with Crippen molar-refractivity contribution in [3.63, 3.8) is 0 Å². The second-order valence-electron chi connectivity index (χ2n) is 5.09. The first-order valence-corrected chi connectivity index (χ1v) is 5.57. The summed E-state index contributed by atoms with van der Waals surface area (Å²) in [6.07, 6.45) is 2.44. The minimum Gasteiger partial charge on any atom is -0.325 e. The van der Waals surface area contributed by atoms with Crippen molar-refractivity contribution in [2.75, 3.05) is 0 Å². The molecule has 0 bridgehead atoms. The lowest BCUT2D eigenvalue weighted by Crippen LogP contribution is -2.26. The van der Waals surface area contributed by atoms with E-state index in [1.807, 2.05) is 13.0 Å².